The first kappa shape index (κ1) is 26.7. The van der Waals surface area contributed by atoms with Crippen LogP contribution in [-0.2, 0) is 14.9 Å². The summed E-state index contributed by atoms with van der Waals surface area (Å²) in [6.45, 7) is 7.51. The van der Waals surface area contributed by atoms with Crippen LogP contribution in [0.1, 0.15) is 71.3 Å². The van der Waals surface area contributed by atoms with Crippen LogP contribution >= 0.6 is 0 Å². The van der Waals surface area contributed by atoms with Gasteiger partial charge in [-0.15, -0.1) is 0 Å². The number of amides is 1. The van der Waals surface area contributed by atoms with Gasteiger partial charge in [-0.1, -0.05) is 13.8 Å². The fourth-order valence-corrected chi connectivity index (χ4v) is 6.96. The average Bonchev–Trinajstić information content (AvgIpc) is 3.11. The number of aromatic nitrogens is 1. The Balaban J connectivity index is 1.63. The first-order valence-corrected chi connectivity index (χ1v) is 13.2. The Kier molecular flexibility index (Phi) is 6.39. The molecule has 1 aliphatic heterocycles. The van der Waals surface area contributed by atoms with Gasteiger partial charge in [0, 0.05) is 35.6 Å². The van der Waals surface area contributed by atoms with Crippen molar-refractivity contribution in [3.05, 3.63) is 29.7 Å². The third-order valence-electron chi connectivity index (χ3n) is 7.43. The lowest BCUT2D eigenvalue weighted by molar-refractivity contribution is -0.154. The molecule has 4 rings (SSSR count). The predicted octanol–water partition coefficient (Wildman–Crippen LogP) is 4.96. The van der Waals surface area contributed by atoms with Crippen LogP contribution in [-0.4, -0.2) is 52.5 Å². The van der Waals surface area contributed by atoms with Crippen molar-refractivity contribution in [2.24, 2.45) is 5.41 Å². The summed E-state index contributed by atoms with van der Waals surface area (Å²) in [5, 5.41) is 10.6. The number of carbonyl (C=O) groups excluding carboxylic acids is 1. The molecular formula is C24H30F4N2O5S. The summed E-state index contributed by atoms with van der Waals surface area (Å²) in [4.78, 5) is 18.0. The van der Waals surface area contributed by atoms with Crippen molar-refractivity contribution in [2.75, 3.05) is 0 Å². The number of aromatic amines is 1. The zero-order valence-electron chi connectivity index (χ0n) is 20.4. The molecule has 7 nitrogen and oxygen atoms in total. The van der Waals surface area contributed by atoms with E-state index in [1.807, 2.05) is 6.92 Å². The maximum atomic E-state index is 14.5. The van der Waals surface area contributed by atoms with Crippen LogP contribution < -0.4 is 4.18 Å². The number of hydrogen-bond donors (Lipinski definition) is 2. The highest BCUT2D eigenvalue weighted by Gasteiger charge is 2.51. The number of nitrogens with zero attached hydrogens (tertiary/aromatic N) is 1. The zero-order chi connectivity index (χ0) is 26.8. The molecule has 200 valence electrons. The molecule has 2 fully saturated rings. The van der Waals surface area contributed by atoms with E-state index < -0.39 is 38.7 Å². The second-order valence-electron chi connectivity index (χ2n) is 11.0. The average molecular weight is 535 g/mol. The molecule has 1 saturated carbocycles. The van der Waals surface area contributed by atoms with Gasteiger partial charge < -0.3 is 19.2 Å². The summed E-state index contributed by atoms with van der Waals surface area (Å²) in [5.74, 6) is -3.14. The Morgan fingerprint density at radius 1 is 1.28 bits per heavy atom. The standard InChI is InChI=1S/C24H30F4N2O5S/c1-13(7-19(31)30-14(2)8-22(3)9-15(30)10-23(4,32)12-22)16-11-29-18-6-5-17(25)21(20(16)18)35-36(33,34)24(26,27)28/h5-6,11,13-15,29,32H,7-10,12H2,1-4H3. The van der Waals surface area contributed by atoms with Crippen LogP contribution in [0.5, 0.6) is 5.75 Å². The van der Waals surface area contributed by atoms with Gasteiger partial charge in [0.1, 0.15) is 0 Å². The molecule has 1 aliphatic carbocycles. The van der Waals surface area contributed by atoms with E-state index in [9.17, 15) is 35.9 Å². The van der Waals surface area contributed by atoms with Gasteiger partial charge in [-0.05, 0) is 68.6 Å². The van der Waals surface area contributed by atoms with E-state index in [4.69, 9.17) is 0 Å². The van der Waals surface area contributed by atoms with Crippen molar-refractivity contribution in [3.63, 3.8) is 0 Å². The number of nitrogens with one attached hydrogen (secondary N) is 1. The Bertz CT molecular complexity index is 1280. The van der Waals surface area contributed by atoms with Crippen molar-refractivity contribution in [3.8, 4) is 5.75 Å². The Morgan fingerprint density at radius 2 is 1.94 bits per heavy atom. The van der Waals surface area contributed by atoms with E-state index >= 15 is 0 Å². The van der Waals surface area contributed by atoms with Crippen molar-refractivity contribution in [1.82, 2.24) is 9.88 Å². The van der Waals surface area contributed by atoms with Gasteiger partial charge in [-0.2, -0.15) is 21.6 Å². The molecule has 2 N–H and O–H groups in total. The van der Waals surface area contributed by atoms with E-state index in [0.29, 0.717) is 12.8 Å². The SMILES string of the molecule is CC(CC(=O)N1C(C)CC2(C)CC1CC(C)(O)C2)c1c[nH]c2ccc(F)c(OS(=O)(=O)C(F)(F)F)c12. The smallest absolute Gasteiger partial charge is 0.390 e. The highest BCUT2D eigenvalue weighted by Crippen LogP contribution is 2.50. The van der Waals surface area contributed by atoms with Gasteiger partial charge in [0.05, 0.1) is 5.60 Å². The van der Waals surface area contributed by atoms with Crippen LogP contribution in [0.2, 0.25) is 0 Å². The normalized spacial score (nSPS) is 29.9. The van der Waals surface area contributed by atoms with E-state index in [1.54, 1.807) is 18.7 Å². The quantitative estimate of drug-likeness (QED) is 0.321. The van der Waals surface area contributed by atoms with E-state index in [1.165, 1.54) is 12.3 Å². The number of aliphatic hydroxyl groups is 1. The monoisotopic (exact) mass is 534 g/mol. The minimum atomic E-state index is -6.11. The molecule has 2 aromatic rings. The van der Waals surface area contributed by atoms with Crippen molar-refractivity contribution in [2.45, 2.75) is 88.9 Å². The molecule has 0 spiro atoms. The summed E-state index contributed by atoms with van der Waals surface area (Å²) in [6.07, 6.45) is 3.96. The summed E-state index contributed by atoms with van der Waals surface area (Å²) in [6, 6.07) is 1.84. The van der Waals surface area contributed by atoms with Crippen molar-refractivity contribution >= 4 is 26.9 Å². The highest BCUT2D eigenvalue weighted by molar-refractivity contribution is 7.88. The van der Waals surface area contributed by atoms with E-state index in [-0.39, 0.29) is 46.3 Å². The molecule has 1 aromatic heterocycles. The summed E-state index contributed by atoms with van der Waals surface area (Å²) in [5.41, 5.74) is -6.29. The Hall–Kier alpha value is -2.34. The largest absolute Gasteiger partial charge is 0.534 e. The maximum absolute atomic E-state index is 14.5. The fraction of sp³-hybridized carbons (Fsp3) is 0.625. The van der Waals surface area contributed by atoms with Gasteiger partial charge in [0.2, 0.25) is 5.91 Å². The molecule has 2 bridgehead atoms. The molecule has 1 amide bonds. The molecule has 5 unspecified atom stereocenters. The van der Waals surface area contributed by atoms with Gasteiger partial charge in [-0.3, -0.25) is 4.79 Å². The van der Waals surface area contributed by atoms with Crippen molar-refractivity contribution in [1.29, 1.82) is 0 Å². The lowest BCUT2D eigenvalue weighted by atomic mass is 9.61. The van der Waals surface area contributed by atoms with Gasteiger partial charge in [0.25, 0.3) is 0 Å². The number of piperidine rings is 1. The molecule has 12 heteroatoms. The number of carbonyl (C=O) groups is 1. The third kappa shape index (κ3) is 4.81. The number of rotatable bonds is 5. The Labute approximate surface area is 206 Å². The highest BCUT2D eigenvalue weighted by atomic mass is 32.2. The predicted molar refractivity (Wildman–Crippen MR) is 124 cm³/mol. The fourth-order valence-electron chi connectivity index (χ4n) is 6.48. The van der Waals surface area contributed by atoms with Crippen LogP contribution in [0, 0.1) is 11.2 Å². The number of likely N-dealkylation sites (tertiary alicyclic amines) is 1. The number of alkyl halides is 3. The number of benzene rings is 1. The van der Waals surface area contributed by atoms with Crippen LogP contribution in [0.4, 0.5) is 17.6 Å². The summed E-state index contributed by atoms with van der Waals surface area (Å²) < 4.78 is 80.8. The molecule has 5 atom stereocenters. The first-order chi connectivity index (χ1) is 16.4. The van der Waals surface area contributed by atoms with Crippen LogP contribution in [0.15, 0.2) is 18.3 Å². The molecule has 1 saturated heterocycles. The summed E-state index contributed by atoms with van der Waals surface area (Å²) >= 11 is 0. The second kappa shape index (κ2) is 8.61. The molecule has 36 heavy (non-hydrogen) atoms. The summed E-state index contributed by atoms with van der Waals surface area (Å²) in [7, 11) is -6.11. The van der Waals surface area contributed by atoms with E-state index in [2.05, 4.69) is 16.1 Å². The molecule has 2 aliphatic rings. The van der Waals surface area contributed by atoms with E-state index in [0.717, 1.165) is 18.9 Å². The number of fused-ring (bicyclic) bond motifs is 3. The first-order valence-electron chi connectivity index (χ1n) is 11.8. The molecule has 2 heterocycles. The minimum absolute atomic E-state index is 0.0470. The molecular weight excluding hydrogens is 504 g/mol. The lowest BCUT2D eigenvalue weighted by Crippen LogP contribution is -2.60. The minimum Gasteiger partial charge on any atom is -0.390 e. The van der Waals surface area contributed by atoms with Gasteiger partial charge in [0.15, 0.2) is 11.6 Å². The van der Waals surface area contributed by atoms with Gasteiger partial charge in [-0.25, -0.2) is 4.39 Å². The van der Waals surface area contributed by atoms with Crippen molar-refractivity contribution < 1.29 is 40.1 Å². The molecule has 0 radical (unpaired) electrons. The number of H-pyrrole nitrogens is 1. The third-order valence-corrected chi connectivity index (χ3v) is 8.38. The number of hydrogen-bond acceptors (Lipinski definition) is 5. The van der Waals surface area contributed by atoms with Crippen LogP contribution in [0.3, 0.4) is 0 Å². The maximum Gasteiger partial charge on any atom is 0.534 e. The second-order valence-corrected chi connectivity index (χ2v) is 12.6. The zero-order valence-corrected chi connectivity index (χ0v) is 21.3. The Morgan fingerprint density at radius 3 is 2.58 bits per heavy atom. The topological polar surface area (TPSA) is 99.7 Å². The van der Waals surface area contributed by atoms with Gasteiger partial charge >= 0.3 is 15.6 Å². The molecule has 1 aromatic carbocycles. The van der Waals surface area contributed by atoms with Crippen LogP contribution in [0.25, 0.3) is 10.9 Å². The number of halogens is 4. The lowest BCUT2D eigenvalue weighted by Gasteiger charge is -2.56.